The molecule has 9 heteroatoms. The van der Waals surface area contributed by atoms with E-state index in [-0.39, 0.29) is 16.9 Å². The second-order valence-electron chi connectivity index (χ2n) is 10.2. The van der Waals surface area contributed by atoms with Crippen molar-refractivity contribution in [2.24, 2.45) is 0 Å². The molecule has 0 aliphatic heterocycles. The third-order valence-electron chi connectivity index (χ3n) is 7.01. The number of methoxy groups -OCH3 is 1. The molecule has 39 heavy (non-hydrogen) atoms. The Morgan fingerprint density at radius 2 is 1.79 bits per heavy atom. The van der Waals surface area contributed by atoms with E-state index in [1.807, 2.05) is 52.0 Å². The Hall–Kier alpha value is -3.98. The highest BCUT2D eigenvalue weighted by Crippen LogP contribution is 2.62. The molecule has 2 aromatic heterocycles. The second kappa shape index (κ2) is 9.96. The van der Waals surface area contributed by atoms with E-state index < -0.39 is 21.3 Å². The summed E-state index contributed by atoms with van der Waals surface area (Å²) in [5.74, 6) is -0.0532. The zero-order valence-electron chi connectivity index (χ0n) is 22.6. The number of benzene rings is 2. The predicted octanol–water partition coefficient (Wildman–Crippen LogP) is 4.97. The Kier molecular flexibility index (Phi) is 6.80. The van der Waals surface area contributed by atoms with E-state index in [2.05, 4.69) is 14.7 Å². The summed E-state index contributed by atoms with van der Waals surface area (Å²) in [5, 5.41) is 0.443. The molecule has 8 nitrogen and oxygen atoms in total. The van der Waals surface area contributed by atoms with Crippen molar-refractivity contribution in [1.82, 2.24) is 14.7 Å². The van der Waals surface area contributed by atoms with E-state index in [9.17, 15) is 13.2 Å². The smallest absolute Gasteiger partial charge is 0.264 e. The van der Waals surface area contributed by atoms with Crippen LogP contribution in [0, 0.1) is 13.8 Å². The summed E-state index contributed by atoms with van der Waals surface area (Å²) in [5.41, 5.74) is 2.29. The van der Waals surface area contributed by atoms with Crippen molar-refractivity contribution in [3.05, 3.63) is 89.2 Å². The van der Waals surface area contributed by atoms with Crippen LogP contribution in [0.1, 0.15) is 48.7 Å². The fourth-order valence-electron chi connectivity index (χ4n) is 5.12. The lowest BCUT2D eigenvalue weighted by atomic mass is 9.89. The van der Waals surface area contributed by atoms with Crippen LogP contribution in [0.15, 0.2) is 71.6 Å². The maximum atomic E-state index is 14.1. The molecule has 1 amide bonds. The van der Waals surface area contributed by atoms with Gasteiger partial charge >= 0.3 is 0 Å². The number of nitrogens with zero attached hydrogens (tertiary/aromatic N) is 2. The van der Waals surface area contributed by atoms with Crippen LogP contribution in [0.3, 0.4) is 0 Å². The maximum absolute atomic E-state index is 14.1. The number of carbonyl (C=O) groups is 1. The topological polar surface area (TPSA) is 107 Å². The van der Waals surface area contributed by atoms with Crippen LogP contribution >= 0.6 is 0 Å². The highest BCUT2D eigenvalue weighted by Gasteiger charge is 2.64. The number of sulfonamides is 1. The number of carbonyl (C=O) groups excluding carboxylic acids is 1. The first-order valence-electron chi connectivity index (χ1n) is 12.8. The molecule has 4 aromatic rings. The molecule has 1 aliphatic rings. The fourth-order valence-corrected chi connectivity index (χ4v) is 6.38. The minimum atomic E-state index is -4.23. The van der Waals surface area contributed by atoms with Crippen LogP contribution in [-0.4, -0.2) is 37.5 Å². The third-order valence-corrected chi connectivity index (χ3v) is 8.40. The predicted molar refractivity (Wildman–Crippen MR) is 149 cm³/mol. The van der Waals surface area contributed by atoms with Gasteiger partial charge in [0, 0.05) is 34.3 Å². The monoisotopic (exact) mass is 545 g/mol. The van der Waals surface area contributed by atoms with Crippen LogP contribution < -0.4 is 14.2 Å². The number of amides is 1. The van der Waals surface area contributed by atoms with Crippen molar-refractivity contribution < 1.29 is 22.7 Å². The number of pyridine rings is 2. The molecule has 2 aromatic carbocycles. The van der Waals surface area contributed by atoms with Gasteiger partial charge in [0.15, 0.2) is 0 Å². The van der Waals surface area contributed by atoms with Gasteiger partial charge in [0.05, 0.1) is 29.0 Å². The second-order valence-corrected chi connectivity index (χ2v) is 11.9. The highest BCUT2D eigenvalue weighted by molar-refractivity contribution is 7.90. The lowest BCUT2D eigenvalue weighted by Crippen LogP contribution is -2.40. The molecule has 0 bridgehead atoms. The van der Waals surface area contributed by atoms with Gasteiger partial charge in [-0.15, -0.1) is 0 Å². The van der Waals surface area contributed by atoms with Gasteiger partial charge in [0.25, 0.3) is 10.0 Å². The largest absolute Gasteiger partial charge is 0.496 e. The fraction of sp³-hybridized carbons (Fsp3) is 0.300. The van der Waals surface area contributed by atoms with Crippen molar-refractivity contribution in [1.29, 1.82) is 0 Å². The number of fused-ring (bicyclic) bond motifs is 1. The lowest BCUT2D eigenvalue weighted by molar-refractivity contribution is -0.122. The molecule has 1 fully saturated rings. The number of nitrogens with one attached hydrogen (secondary N) is 1. The summed E-state index contributed by atoms with van der Waals surface area (Å²) in [6.07, 6.45) is 0.295. The van der Waals surface area contributed by atoms with Gasteiger partial charge in [-0.25, -0.2) is 18.1 Å². The molecular formula is C30H31N3O5S. The summed E-state index contributed by atoms with van der Waals surface area (Å²) in [4.78, 5) is 23.2. The number of hydrogen-bond acceptors (Lipinski definition) is 7. The van der Waals surface area contributed by atoms with Crippen LogP contribution in [0.2, 0.25) is 0 Å². The van der Waals surface area contributed by atoms with E-state index in [0.29, 0.717) is 40.2 Å². The molecule has 0 saturated heterocycles. The van der Waals surface area contributed by atoms with Crippen molar-refractivity contribution in [3.8, 4) is 11.6 Å². The minimum absolute atomic E-state index is 0.00476. The van der Waals surface area contributed by atoms with Gasteiger partial charge < -0.3 is 9.47 Å². The first kappa shape index (κ1) is 26.6. The average Bonchev–Trinajstić information content (AvgIpc) is 3.65. The summed E-state index contributed by atoms with van der Waals surface area (Å²) < 4.78 is 41.1. The average molecular weight is 546 g/mol. The van der Waals surface area contributed by atoms with Crippen LogP contribution in [-0.2, 0) is 20.2 Å². The number of rotatable bonds is 8. The zero-order valence-corrected chi connectivity index (χ0v) is 23.4. The Morgan fingerprint density at radius 3 is 2.54 bits per heavy atom. The summed E-state index contributed by atoms with van der Waals surface area (Å²) in [6, 6.07) is 19.3. The molecule has 202 valence electrons. The lowest BCUT2D eigenvalue weighted by Gasteiger charge is -2.21. The zero-order chi connectivity index (χ0) is 27.9. The molecule has 1 saturated carbocycles. The van der Waals surface area contributed by atoms with Gasteiger partial charge in [-0.1, -0.05) is 29.8 Å². The van der Waals surface area contributed by atoms with Gasteiger partial charge in [0.1, 0.15) is 5.75 Å². The van der Waals surface area contributed by atoms with E-state index in [1.54, 1.807) is 36.4 Å². The van der Waals surface area contributed by atoms with Crippen LogP contribution in [0.25, 0.3) is 10.9 Å². The molecule has 0 spiro atoms. The molecule has 2 heterocycles. The Balaban J connectivity index is 1.58. The number of aromatic nitrogens is 2. The van der Waals surface area contributed by atoms with E-state index in [1.165, 1.54) is 13.2 Å². The Labute approximate surface area is 228 Å². The van der Waals surface area contributed by atoms with Gasteiger partial charge in [0.2, 0.25) is 11.8 Å². The minimum Gasteiger partial charge on any atom is -0.496 e. The van der Waals surface area contributed by atoms with Gasteiger partial charge in [-0.2, -0.15) is 0 Å². The molecule has 1 aliphatic carbocycles. The first-order valence-corrected chi connectivity index (χ1v) is 14.3. The van der Waals surface area contributed by atoms with Crippen molar-refractivity contribution in [2.45, 2.75) is 56.4 Å². The maximum Gasteiger partial charge on any atom is 0.264 e. The first-order chi connectivity index (χ1) is 18.5. The van der Waals surface area contributed by atoms with Crippen molar-refractivity contribution in [2.75, 3.05) is 7.11 Å². The number of aryl methyl sites for hydroxylation is 2. The molecule has 0 radical (unpaired) electrons. The summed E-state index contributed by atoms with van der Waals surface area (Å²) in [7, 11) is -2.70. The molecule has 1 N–H and O–H groups in total. The molecule has 2 atom stereocenters. The van der Waals surface area contributed by atoms with E-state index in [0.717, 1.165) is 11.3 Å². The SMILES string of the molecule is COc1ccc(C)cc1[C@]1(C(=O)NS(=O)(=O)c2cccc3nc(C)ccc23)C[C@@H]1c1cccc(OC(C)C)n1. The van der Waals surface area contributed by atoms with E-state index >= 15 is 0 Å². The third kappa shape index (κ3) is 4.94. The molecule has 0 unspecified atom stereocenters. The van der Waals surface area contributed by atoms with E-state index in [4.69, 9.17) is 9.47 Å². The Morgan fingerprint density at radius 1 is 1.03 bits per heavy atom. The van der Waals surface area contributed by atoms with Gasteiger partial charge in [-0.3, -0.25) is 9.78 Å². The van der Waals surface area contributed by atoms with Crippen molar-refractivity contribution >= 4 is 26.8 Å². The van der Waals surface area contributed by atoms with Crippen molar-refractivity contribution in [3.63, 3.8) is 0 Å². The molecular weight excluding hydrogens is 514 g/mol. The highest BCUT2D eigenvalue weighted by atomic mass is 32.2. The van der Waals surface area contributed by atoms with Crippen LogP contribution in [0.4, 0.5) is 0 Å². The van der Waals surface area contributed by atoms with Crippen LogP contribution in [0.5, 0.6) is 11.6 Å². The Bertz CT molecular complexity index is 1690. The normalized spacial score (nSPS) is 18.7. The number of hydrogen-bond donors (Lipinski definition) is 1. The quantitative estimate of drug-likeness (QED) is 0.333. The van der Waals surface area contributed by atoms with Gasteiger partial charge in [-0.05, 0) is 70.5 Å². The summed E-state index contributed by atoms with van der Waals surface area (Å²) in [6.45, 7) is 7.58. The standard InChI is InChI=1S/C30H31N3O5S/c1-18(2)38-28-11-7-9-25(32-28)23-17-30(23,22-16-19(3)12-15-26(22)37-5)29(34)33-39(35,36)27-10-6-8-24-21(27)14-13-20(4)31-24/h6-16,18,23H,17H2,1-5H3,(H,33,34)/t23-,30-/m1/s1. The molecule has 5 rings (SSSR count). The number of ether oxygens (including phenoxy) is 2. The summed E-state index contributed by atoms with van der Waals surface area (Å²) >= 11 is 0.